The SMILES string of the molecule is CNCCC(Sc1ccoc1C)C1CCCCC1. The first-order chi connectivity index (χ1) is 8.81. The van der Waals surface area contributed by atoms with Crippen LogP contribution >= 0.6 is 11.8 Å². The second-order valence-corrected chi connectivity index (χ2v) is 6.57. The molecule has 0 saturated heterocycles. The van der Waals surface area contributed by atoms with E-state index in [2.05, 4.69) is 18.3 Å². The van der Waals surface area contributed by atoms with Gasteiger partial charge in [0.05, 0.1) is 6.26 Å². The van der Waals surface area contributed by atoms with Crippen LogP contribution in [0, 0.1) is 12.8 Å². The first-order valence-electron chi connectivity index (χ1n) is 7.16. The van der Waals surface area contributed by atoms with E-state index < -0.39 is 0 Å². The molecule has 3 heteroatoms. The average Bonchev–Trinajstić information content (AvgIpc) is 2.81. The molecule has 1 aromatic heterocycles. The van der Waals surface area contributed by atoms with Gasteiger partial charge in [-0.3, -0.25) is 0 Å². The maximum atomic E-state index is 5.42. The lowest BCUT2D eigenvalue weighted by Gasteiger charge is -2.29. The molecule has 1 aliphatic carbocycles. The predicted octanol–water partition coefficient (Wildman–Crippen LogP) is 4.24. The second-order valence-electron chi connectivity index (χ2n) is 5.29. The van der Waals surface area contributed by atoms with Gasteiger partial charge in [-0.15, -0.1) is 11.8 Å². The Balaban J connectivity index is 1.97. The molecule has 0 amide bonds. The van der Waals surface area contributed by atoms with Crippen LogP contribution in [-0.4, -0.2) is 18.8 Å². The van der Waals surface area contributed by atoms with Gasteiger partial charge in [-0.25, -0.2) is 0 Å². The molecule has 1 atom stereocenters. The van der Waals surface area contributed by atoms with Crippen molar-refractivity contribution >= 4 is 11.8 Å². The van der Waals surface area contributed by atoms with E-state index in [-0.39, 0.29) is 0 Å². The summed E-state index contributed by atoms with van der Waals surface area (Å²) in [6.07, 6.45) is 10.2. The lowest BCUT2D eigenvalue weighted by atomic mass is 9.86. The van der Waals surface area contributed by atoms with Crippen molar-refractivity contribution in [2.45, 2.75) is 55.6 Å². The number of thioether (sulfide) groups is 1. The normalized spacial score (nSPS) is 19.0. The Kier molecular flexibility index (Phi) is 5.64. The number of furan rings is 1. The number of hydrogen-bond acceptors (Lipinski definition) is 3. The van der Waals surface area contributed by atoms with E-state index in [1.54, 1.807) is 0 Å². The molecule has 2 rings (SSSR count). The summed E-state index contributed by atoms with van der Waals surface area (Å²) in [6, 6.07) is 2.12. The van der Waals surface area contributed by atoms with Crippen molar-refractivity contribution in [1.29, 1.82) is 0 Å². The number of aryl methyl sites for hydroxylation is 1. The fourth-order valence-electron chi connectivity index (χ4n) is 2.84. The zero-order chi connectivity index (χ0) is 12.8. The first kappa shape index (κ1) is 14.0. The summed E-state index contributed by atoms with van der Waals surface area (Å²) in [6.45, 7) is 3.18. The molecule has 1 heterocycles. The molecule has 2 nitrogen and oxygen atoms in total. The molecule has 1 unspecified atom stereocenters. The maximum Gasteiger partial charge on any atom is 0.114 e. The standard InChI is InChI=1S/C15H25NOS/c1-12-14(9-11-17-12)18-15(8-10-16-2)13-6-4-3-5-7-13/h9,11,13,15-16H,3-8,10H2,1-2H3. The molecule has 1 fully saturated rings. The van der Waals surface area contributed by atoms with Crippen molar-refractivity contribution in [3.8, 4) is 0 Å². The second kappa shape index (κ2) is 7.25. The molecule has 18 heavy (non-hydrogen) atoms. The van der Waals surface area contributed by atoms with Gasteiger partial charge in [0.2, 0.25) is 0 Å². The van der Waals surface area contributed by atoms with Gasteiger partial charge in [0.15, 0.2) is 0 Å². The van der Waals surface area contributed by atoms with Crippen LogP contribution in [-0.2, 0) is 0 Å². The average molecular weight is 267 g/mol. The van der Waals surface area contributed by atoms with E-state index in [9.17, 15) is 0 Å². The quantitative estimate of drug-likeness (QED) is 0.781. The van der Waals surface area contributed by atoms with Crippen molar-refractivity contribution in [1.82, 2.24) is 5.32 Å². The third kappa shape index (κ3) is 3.79. The fraction of sp³-hybridized carbons (Fsp3) is 0.733. The Morgan fingerprint density at radius 2 is 2.17 bits per heavy atom. The van der Waals surface area contributed by atoms with Crippen LogP contribution in [0.5, 0.6) is 0 Å². The molecule has 0 bridgehead atoms. The van der Waals surface area contributed by atoms with Crippen LogP contribution < -0.4 is 5.32 Å². The molecule has 0 aromatic carbocycles. The minimum Gasteiger partial charge on any atom is -0.468 e. The lowest BCUT2D eigenvalue weighted by molar-refractivity contribution is 0.340. The maximum absolute atomic E-state index is 5.42. The van der Waals surface area contributed by atoms with Crippen LogP contribution in [0.15, 0.2) is 21.6 Å². The van der Waals surface area contributed by atoms with Gasteiger partial charge >= 0.3 is 0 Å². The molecular weight excluding hydrogens is 242 g/mol. The summed E-state index contributed by atoms with van der Waals surface area (Å²) in [5, 5.41) is 4.04. The molecule has 1 saturated carbocycles. The highest BCUT2D eigenvalue weighted by Crippen LogP contribution is 2.39. The van der Waals surface area contributed by atoms with E-state index in [1.165, 1.54) is 43.4 Å². The molecule has 0 spiro atoms. The van der Waals surface area contributed by atoms with Gasteiger partial charge < -0.3 is 9.73 Å². The molecule has 1 aromatic rings. The zero-order valence-corrected chi connectivity index (χ0v) is 12.4. The summed E-state index contributed by atoms with van der Waals surface area (Å²) >= 11 is 2.03. The van der Waals surface area contributed by atoms with E-state index in [0.29, 0.717) is 0 Å². The third-order valence-electron chi connectivity index (χ3n) is 3.94. The number of hydrogen-bond donors (Lipinski definition) is 1. The highest BCUT2D eigenvalue weighted by molar-refractivity contribution is 8.00. The minimum absolute atomic E-state index is 0.744. The van der Waals surface area contributed by atoms with E-state index >= 15 is 0 Å². The van der Waals surface area contributed by atoms with Gasteiger partial charge in [0.1, 0.15) is 5.76 Å². The Labute approximate surface area is 115 Å². The highest BCUT2D eigenvalue weighted by Gasteiger charge is 2.25. The predicted molar refractivity (Wildman–Crippen MR) is 78.2 cm³/mol. The Bertz CT molecular complexity index is 344. The van der Waals surface area contributed by atoms with Gasteiger partial charge in [-0.2, -0.15) is 0 Å². The summed E-state index contributed by atoms with van der Waals surface area (Å²) in [7, 11) is 2.05. The summed E-state index contributed by atoms with van der Waals surface area (Å²) in [4.78, 5) is 1.33. The van der Waals surface area contributed by atoms with E-state index in [4.69, 9.17) is 4.42 Å². The fourth-order valence-corrected chi connectivity index (χ4v) is 4.22. The Morgan fingerprint density at radius 3 is 2.78 bits per heavy atom. The minimum atomic E-state index is 0.744. The van der Waals surface area contributed by atoms with Crippen LogP contribution in [0.25, 0.3) is 0 Å². The molecule has 1 N–H and O–H groups in total. The van der Waals surface area contributed by atoms with Gasteiger partial charge in [0.25, 0.3) is 0 Å². The van der Waals surface area contributed by atoms with Gasteiger partial charge in [-0.1, -0.05) is 19.3 Å². The molecule has 0 radical (unpaired) electrons. The smallest absolute Gasteiger partial charge is 0.114 e. The van der Waals surface area contributed by atoms with Crippen molar-refractivity contribution < 1.29 is 4.42 Å². The highest BCUT2D eigenvalue weighted by atomic mass is 32.2. The van der Waals surface area contributed by atoms with Crippen LogP contribution in [0.3, 0.4) is 0 Å². The molecular formula is C15H25NOS. The number of nitrogens with one attached hydrogen (secondary N) is 1. The molecule has 1 aliphatic rings. The molecule has 0 aliphatic heterocycles. The lowest BCUT2D eigenvalue weighted by Crippen LogP contribution is -2.24. The first-order valence-corrected chi connectivity index (χ1v) is 8.04. The van der Waals surface area contributed by atoms with Crippen LogP contribution in [0.4, 0.5) is 0 Å². The zero-order valence-electron chi connectivity index (χ0n) is 11.6. The van der Waals surface area contributed by atoms with Crippen molar-refractivity contribution in [2.75, 3.05) is 13.6 Å². The van der Waals surface area contributed by atoms with Crippen molar-refractivity contribution in [3.63, 3.8) is 0 Å². The monoisotopic (exact) mass is 267 g/mol. The summed E-state index contributed by atoms with van der Waals surface area (Å²) in [5.74, 6) is 1.97. The van der Waals surface area contributed by atoms with E-state index in [0.717, 1.165) is 23.5 Å². The summed E-state index contributed by atoms with van der Waals surface area (Å²) in [5.41, 5.74) is 0. The van der Waals surface area contributed by atoms with Gasteiger partial charge in [-0.05, 0) is 51.8 Å². The van der Waals surface area contributed by atoms with E-state index in [1.807, 2.05) is 25.1 Å². The van der Waals surface area contributed by atoms with Crippen LogP contribution in [0.1, 0.15) is 44.3 Å². The number of rotatable bonds is 6. The van der Waals surface area contributed by atoms with Crippen LogP contribution in [0.2, 0.25) is 0 Å². The molecule has 102 valence electrons. The van der Waals surface area contributed by atoms with Gasteiger partial charge in [0, 0.05) is 10.1 Å². The van der Waals surface area contributed by atoms with Crippen molar-refractivity contribution in [2.24, 2.45) is 5.92 Å². The third-order valence-corrected chi connectivity index (χ3v) is 5.54. The Hall–Kier alpha value is -0.410. The van der Waals surface area contributed by atoms with Crippen molar-refractivity contribution in [3.05, 3.63) is 18.1 Å². The summed E-state index contributed by atoms with van der Waals surface area (Å²) < 4.78 is 5.42. The topological polar surface area (TPSA) is 25.2 Å². The largest absolute Gasteiger partial charge is 0.468 e. The Morgan fingerprint density at radius 1 is 1.39 bits per heavy atom.